The number of Topliss-reactive ketones (excluding diaryl/α,β-unsaturated/α-hetero) is 2. The lowest BCUT2D eigenvalue weighted by molar-refractivity contribution is -0.121. The van der Waals surface area contributed by atoms with Gasteiger partial charge in [-0.1, -0.05) is 41.0 Å². The minimum absolute atomic E-state index is 0.0418. The summed E-state index contributed by atoms with van der Waals surface area (Å²) in [6, 6.07) is 26.4. The number of hydrogen-bond acceptors (Lipinski definition) is 6. The molecule has 0 saturated carbocycles. The van der Waals surface area contributed by atoms with E-state index in [1.807, 2.05) is 85.8 Å². The highest BCUT2D eigenvalue weighted by molar-refractivity contribution is 7.99. The Morgan fingerprint density at radius 1 is 0.884 bits per heavy atom. The van der Waals surface area contributed by atoms with E-state index in [4.69, 9.17) is 16.4 Å². The molecule has 218 valence electrons. The van der Waals surface area contributed by atoms with Crippen LogP contribution in [0.25, 0.3) is 21.8 Å². The largest absolute Gasteiger partial charge is 0.387 e. The third-order valence-electron chi connectivity index (χ3n) is 7.22. The Kier molecular flexibility index (Phi) is 9.43. The molecule has 43 heavy (non-hydrogen) atoms. The molecule has 0 aliphatic rings. The number of carbonyl (C=O) groups excluding carboxylic acids is 3. The lowest BCUT2D eigenvalue weighted by Crippen LogP contribution is -2.17. The second kappa shape index (κ2) is 13.4. The highest BCUT2D eigenvalue weighted by Gasteiger charge is 2.20. The molecule has 4 aromatic carbocycles. The van der Waals surface area contributed by atoms with Crippen molar-refractivity contribution in [3.8, 4) is 0 Å². The first-order valence-electron chi connectivity index (χ1n) is 14.0. The van der Waals surface area contributed by atoms with Crippen molar-refractivity contribution in [1.29, 1.82) is 0 Å². The van der Waals surface area contributed by atoms with Gasteiger partial charge in [-0.15, -0.1) is 11.8 Å². The minimum atomic E-state index is -0.272. The Morgan fingerprint density at radius 3 is 2.19 bits per heavy atom. The van der Waals surface area contributed by atoms with Gasteiger partial charge >= 0.3 is 0 Å². The number of thioether (sulfide) groups is 1. The highest BCUT2D eigenvalue weighted by Crippen LogP contribution is 2.32. The lowest BCUT2D eigenvalue weighted by Gasteiger charge is -2.08. The van der Waals surface area contributed by atoms with E-state index >= 15 is 0 Å². The summed E-state index contributed by atoms with van der Waals surface area (Å²) in [5.41, 5.74) is 4.83. The Labute approximate surface area is 259 Å². The Bertz CT molecular complexity index is 1870. The number of benzene rings is 4. The summed E-state index contributed by atoms with van der Waals surface area (Å²) in [5.74, 6) is 0.0831. The molecule has 0 aliphatic carbocycles. The molecule has 0 unspecified atom stereocenters. The maximum atomic E-state index is 13.8. The van der Waals surface area contributed by atoms with Crippen LogP contribution in [-0.4, -0.2) is 40.0 Å². The van der Waals surface area contributed by atoms with Crippen molar-refractivity contribution in [2.45, 2.75) is 38.6 Å². The minimum Gasteiger partial charge on any atom is -0.387 e. The van der Waals surface area contributed by atoms with Gasteiger partial charge in [0.2, 0.25) is 5.78 Å². The molecule has 0 fully saturated rings. The van der Waals surface area contributed by atoms with Crippen LogP contribution in [0.1, 0.15) is 52.1 Å². The normalized spacial score (nSPS) is 11.7. The van der Waals surface area contributed by atoms with Gasteiger partial charge in [-0.3, -0.25) is 14.4 Å². The molecule has 8 heteroatoms. The van der Waals surface area contributed by atoms with Crippen LogP contribution >= 0.6 is 23.4 Å². The van der Waals surface area contributed by atoms with E-state index < -0.39 is 0 Å². The number of halogens is 1. The summed E-state index contributed by atoms with van der Waals surface area (Å²) in [7, 11) is 0. The van der Waals surface area contributed by atoms with Crippen LogP contribution in [0.5, 0.6) is 0 Å². The molecule has 0 spiro atoms. The van der Waals surface area contributed by atoms with Gasteiger partial charge in [0.05, 0.1) is 0 Å². The number of hydrogen-bond donors (Lipinski definition) is 0. The van der Waals surface area contributed by atoms with Crippen molar-refractivity contribution in [3.05, 3.63) is 112 Å². The Balaban J connectivity index is 1.49. The van der Waals surface area contributed by atoms with Crippen LogP contribution in [0, 0.1) is 6.92 Å². The summed E-state index contributed by atoms with van der Waals surface area (Å²) < 4.78 is 2.18. The zero-order valence-corrected chi connectivity index (χ0v) is 25.8. The monoisotopic (exact) mass is 610 g/mol. The molecule has 0 bridgehead atoms. The van der Waals surface area contributed by atoms with Gasteiger partial charge < -0.3 is 9.40 Å². The van der Waals surface area contributed by atoms with Gasteiger partial charge in [-0.2, -0.15) is 0 Å². The van der Waals surface area contributed by atoms with Crippen LogP contribution < -0.4 is 0 Å². The van der Waals surface area contributed by atoms with Crippen molar-refractivity contribution in [3.63, 3.8) is 0 Å². The number of oxime groups is 1. The average molecular weight is 611 g/mol. The van der Waals surface area contributed by atoms with E-state index in [0.717, 1.165) is 38.8 Å². The summed E-state index contributed by atoms with van der Waals surface area (Å²) >= 11 is 7.57. The molecule has 0 N–H and O–H groups in total. The van der Waals surface area contributed by atoms with Gasteiger partial charge in [0.25, 0.3) is 0 Å². The van der Waals surface area contributed by atoms with Crippen LogP contribution in [0.3, 0.4) is 0 Å². The summed E-state index contributed by atoms with van der Waals surface area (Å²) in [4.78, 5) is 44.9. The van der Waals surface area contributed by atoms with Crippen molar-refractivity contribution >= 4 is 68.2 Å². The van der Waals surface area contributed by atoms with Crippen LogP contribution in [0.2, 0.25) is 5.02 Å². The van der Waals surface area contributed by atoms with E-state index in [2.05, 4.69) is 16.6 Å². The van der Waals surface area contributed by atoms with E-state index in [1.54, 1.807) is 17.8 Å². The fourth-order valence-corrected chi connectivity index (χ4v) is 6.06. The lowest BCUT2D eigenvalue weighted by atomic mass is 9.97. The SMILES string of the molecule is CCn1c2ccc(C(=O)/C(CCSc3ccc(Cl)cc3)=N/OCC(C)=O)cc2c2cc(C(=O)c3ccccc3C)ccc21. The molecule has 0 aliphatic heterocycles. The van der Waals surface area contributed by atoms with Gasteiger partial charge in [0, 0.05) is 67.1 Å². The van der Waals surface area contributed by atoms with Gasteiger partial charge in [-0.25, -0.2) is 0 Å². The van der Waals surface area contributed by atoms with E-state index in [0.29, 0.717) is 33.9 Å². The van der Waals surface area contributed by atoms with Crippen molar-refractivity contribution in [2.24, 2.45) is 5.16 Å². The summed E-state index contributed by atoms with van der Waals surface area (Å²) in [6.45, 7) is 5.93. The molecular weight excluding hydrogens is 580 g/mol. The molecule has 6 nitrogen and oxygen atoms in total. The van der Waals surface area contributed by atoms with Crippen molar-refractivity contribution < 1.29 is 19.2 Å². The maximum Gasteiger partial charge on any atom is 0.210 e. The predicted octanol–water partition coefficient (Wildman–Crippen LogP) is 8.33. The summed E-state index contributed by atoms with van der Waals surface area (Å²) in [5, 5.41) is 6.52. The predicted molar refractivity (Wildman–Crippen MR) is 175 cm³/mol. The Morgan fingerprint density at radius 2 is 1.53 bits per heavy atom. The number of aromatic nitrogens is 1. The number of carbonyl (C=O) groups is 3. The second-order valence-electron chi connectivity index (χ2n) is 10.2. The standard InChI is InChI=1S/C35H31ClN2O4S/c1-4-38-32-15-9-24(34(40)28-8-6-5-7-22(28)2)19-29(32)30-20-25(10-16-33(30)38)35(41)31(37-42-21-23(3)39)17-18-43-27-13-11-26(36)12-14-27/h5-16,19-20H,4,17-18,21H2,1-3H3/b37-31+. The molecule has 5 rings (SSSR count). The first-order valence-corrected chi connectivity index (χ1v) is 15.4. The fraction of sp³-hybridized carbons (Fsp3) is 0.200. The number of fused-ring (bicyclic) bond motifs is 3. The molecule has 1 aromatic heterocycles. The molecule has 0 saturated heterocycles. The van der Waals surface area contributed by atoms with Crippen LogP contribution in [0.15, 0.2) is 95.0 Å². The van der Waals surface area contributed by atoms with Gasteiger partial charge in [-0.05, 0) is 87.0 Å². The third kappa shape index (κ3) is 6.74. The first kappa shape index (κ1) is 30.3. The van der Waals surface area contributed by atoms with Crippen LogP contribution in [0.4, 0.5) is 0 Å². The number of rotatable bonds is 12. The molecule has 5 aromatic rings. The van der Waals surface area contributed by atoms with E-state index in [-0.39, 0.29) is 29.7 Å². The second-order valence-corrected chi connectivity index (χ2v) is 11.9. The quantitative estimate of drug-likeness (QED) is 0.0614. The summed E-state index contributed by atoms with van der Waals surface area (Å²) in [6.07, 6.45) is 0.341. The van der Waals surface area contributed by atoms with Crippen LogP contribution in [-0.2, 0) is 16.2 Å². The van der Waals surface area contributed by atoms with Crippen molar-refractivity contribution in [1.82, 2.24) is 4.57 Å². The number of ketones is 3. The van der Waals surface area contributed by atoms with E-state index in [1.165, 1.54) is 6.92 Å². The maximum absolute atomic E-state index is 13.8. The van der Waals surface area contributed by atoms with Crippen molar-refractivity contribution in [2.75, 3.05) is 12.4 Å². The third-order valence-corrected chi connectivity index (χ3v) is 8.49. The molecule has 0 atom stereocenters. The van der Waals surface area contributed by atoms with Gasteiger partial charge in [0.1, 0.15) is 5.71 Å². The smallest absolute Gasteiger partial charge is 0.210 e. The topological polar surface area (TPSA) is 77.7 Å². The first-order chi connectivity index (χ1) is 20.8. The highest BCUT2D eigenvalue weighted by atomic mass is 35.5. The Hall–Kier alpha value is -4.20. The molecular formula is C35H31ClN2O4S. The molecule has 1 heterocycles. The zero-order chi connectivity index (χ0) is 30.5. The van der Waals surface area contributed by atoms with E-state index in [9.17, 15) is 14.4 Å². The molecule has 0 radical (unpaired) electrons. The number of nitrogens with zero attached hydrogens (tertiary/aromatic N) is 2. The molecule has 0 amide bonds. The zero-order valence-electron chi connectivity index (χ0n) is 24.2. The number of aryl methyl sites for hydroxylation is 2. The average Bonchev–Trinajstić information content (AvgIpc) is 3.32. The van der Waals surface area contributed by atoms with Gasteiger partial charge in [0.15, 0.2) is 18.2 Å². The fourth-order valence-electron chi connectivity index (χ4n) is 5.08.